The number of hydrogen-bond donors (Lipinski definition) is 3. The van der Waals surface area contributed by atoms with E-state index in [9.17, 15) is 43.2 Å². The maximum absolute atomic E-state index is 13.1. The number of unbranched alkanes of at least 4 members (excludes halogenated alkanes) is 41. The molecule has 0 aliphatic heterocycles. The van der Waals surface area contributed by atoms with Gasteiger partial charge in [-0.2, -0.15) is 0 Å². The molecule has 3 N–H and O–H groups in total. The van der Waals surface area contributed by atoms with E-state index in [4.69, 9.17) is 37.0 Å². The number of ether oxygens (including phenoxy) is 4. The molecule has 0 aromatic rings. The molecule has 0 fully saturated rings. The van der Waals surface area contributed by atoms with E-state index < -0.39 is 97.5 Å². The van der Waals surface area contributed by atoms with Crippen LogP contribution < -0.4 is 0 Å². The molecule has 566 valence electrons. The number of aliphatic hydroxyl groups is 1. The van der Waals surface area contributed by atoms with Gasteiger partial charge in [-0.3, -0.25) is 37.3 Å². The van der Waals surface area contributed by atoms with Crippen molar-refractivity contribution in [1.82, 2.24) is 0 Å². The summed E-state index contributed by atoms with van der Waals surface area (Å²) in [6.07, 6.45) is 58.9. The average molecular weight is 1410 g/mol. The highest BCUT2D eigenvalue weighted by Crippen LogP contribution is 2.45. The molecule has 0 amide bonds. The molecule has 17 nitrogen and oxygen atoms in total. The molecule has 19 heteroatoms. The third kappa shape index (κ3) is 70.0. The molecule has 0 heterocycles. The van der Waals surface area contributed by atoms with Crippen LogP contribution in [0.1, 0.15) is 375 Å². The maximum atomic E-state index is 13.1. The van der Waals surface area contributed by atoms with Crippen molar-refractivity contribution in [2.75, 3.05) is 39.6 Å². The van der Waals surface area contributed by atoms with Crippen molar-refractivity contribution in [2.24, 2.45) is 11.8 Å². The lowest BCUT2D eigenvalue weighted by Crippen LogP contribution is -2.30. The highest BCUT2D eigenvalue weighted by molar-refractivity contribution is 7.47. The van der Waals surface area contributed by atoms with E-state index >= 15 is 0 Å². The summed E-state index contributed by atoms with van der Waals surface area (Å²) in [6.45, 7) is 9.54. The summed E-state index contributed by atoms with van der Waals surface area (Å²) in [7, 11) is -9.92. The van der Waals surface area contributed by atoms with E-state index in [1.807, 2.05) is 0 Å². The topological polar surface area (TPSA) is 237 Å². The molecule has 2 unspecified atom stereocenters. The van der Waals surface area contributed by atoms with E-state index in [0.29, 0.717) is 25.7 Å². The largest absolute Gasteiger partial charge is 0.472 e. The summed E-state index contributed by atoms with van der Waals surface area (Å²) in [5, 5.41) is 10.6. The number of phosphoric acid groups is 2. The molecule has 0 radical (unpaired) electrons. The molecular formula is C77H146O17P2. The molecule has 0 aromatic heterocycles. The SMILES string of the molecule is CCCCCC/C=C\C=C/CCCCCCCC(=O)OC[C@H](COP(=O)(O)OC[C@@H](O)COP(=O)(O)OC[C@@H](COC(=O)CCCCCCCCCCCCC)OC(=O)CCCCCCCCCCCCC(C)C)OC(=O)CCCCCCCCCCCCCCCCC(C)C. The minimum absolute atomic E-state index is 0.101. The number of rotatable bonds is 74. The van der Waals surface area contributed by atoms with Gasteiger partial charge in [0.2, 0.25) is 0 Å². The number of hydrogen-bond acceptors (Lipinski definition) is 15. The highest BCUT2D eigenvalue weighted by atomic mass is 31.2. The predicted molar refractivity (Wildman–Crippen MR) is 391 cm³/mol. The zero-order valence-electron chi connectivity index (χ0n) is 62.2. The lowest BCUT2D eigenvalue weighted by molar-refractivity contribution is -0.161. The highest BCUT2D eigenvalue weighted by Gasteiger charge is 2.30. The predicted octanol–water partition coefficient (Wildman–Crippen LogP) is 22.3. The summed E-state index contributed by atoms with van der Waals surface area (Å²) in [5.41, 5.74) is 0. The van der Waals surface area contributed by atoms with Crippen molar-refractivity contribution in [2.45, 2.75) is 394 Å². The van der Waals surface area contributed by atoms with Crippen LogP contribution in [-0.4, -0.2) is 96.7 Å². The number of carbonyl (C=O) groups excluding carboxylic acids is 4. The Morgan fingerprint density at radius 1 is 0.323 bits per heavy atom. The maximum Gasteiger partial charge on any atom is 0.472 e. The van der Waals surface area contributed by atoms with E-state index in [2.05, 4.69) is 65.8 Å². The van der Waals surface area contributed by atoms with Gasteiger partial charge in [0.25, 0.3) is 0 Å². The smallest absolute Gasteiger partial charge is 0.462 e. The first-order valence-electron chi connectivity index (χ1n) is 39.3. The number of phosphoric ester groups is 2. The lowest BCUT2D eigenvalue weighted by Gasteiger charge is -2.21. The van der Waals surface area contributed by atoms with Crippen LogP contribution in [0, 0.1) is 11.8 Å². The van der Waals surface area contributed by atoms with Gasteiger partial charge in [-0.05, 0) is 63.2 Å². The Morgan fingerprint density at radius 2 is 0.562 bits per heavy atom. The van der Waals surface area contributed by atoms with E-state index in [0.717, 1.165) is 121 Å². The zero-order valence-corrected chi connectivity index (χ0v) is 63.9. The second kappa shape index (κ2) is 68.3. The summed E-state index contributed by atoms with van der Waals surface area (Å²) in [6, 6.07) is 0. The second-order valence-electron chi connectivity index (χ2n) is 28.0. The molecule has 5 atom stereocenters. The van der Waals surface area contributed by atoms with Crippen LogP contribution in [0.15, 0.2) is 24.3 Å². The molecule has 0 aromatic carbocycles. The normalized spacial score (nSPS) is 14.2. The minimum Gasteiger partial charge on any atom is -0.462 e. The third-order valence-corrected chi connectivity index (χ3v) is 19.2. The molecular weight excluding hydrogens is 1260 g/mol. The lowest BCUT2D eigenvalue weighted by atomic mass is 10.0. The van der Waals surface area contributed by atoms with Gasteiger partial charge in [0.15, 0.2) is 12.2 Å². The Morgan fingerprint density at radius 3 is 0.854 bits per heavy atom. The molecule has 0 bridgehead atoms. The van der Waals surface area contributed by atoms with E-state index in [1.54, 1.807) is 0 Å². The zero-order chi connectivity index (χ0) is 70.7. The van der Waals surface area contributed by atoms with Gasteiger partial charge >= 0.3 is 39.5 Å². The van der Waals surface area contributed by atoms with Crippen LogP contribution >= 0.6 is 15.6 Å². The van der Waals surface area contributed by atoms with Crippen molar-refractivity contribution in [1.29, 1.82) is 0 Å². The Labute approximate surface area is 586 Å². The summed E-state index contributed by atoms with van der Waals surface area (Å²) in [5.74, 6) is -0.600. The van der Waals surface area contributed by atoms with Crippen LogP contribution in [-0.2, 0) is 65.4 Å². The van der Waals surface area contributed by atoms with Crippen molar-refractivity contribution in [3.05, 3.63) is 24.3 Å². The molecule has 0 rings (SSSR count). The van der Waals surface area contributed by atoms with Gasteiger partial charge in [-0.25, -0.2) is 9.13 Å². The number of esters is 4. The first-order chi connectivity index (χ1) is 46.4. The van der Waals surface area contributed by atoms with Gasteiger partial charge in [-0.15, -0.1) is 0 Å². The summed E-state index contributed by atoms with van der Waals surface area (Å²) in [4.78, 5) is 72.8. The van der Waals surface area contributed by atoms with Crippen LogP contribution in [0.4, 0.5) is 0 Å². The van der Waals surface area contributed by atoms with E-state index in [-0.39, 0.29) is 25.7 Å². The molecule has 0 aliphatic rings. The Balaban J connectivity index is 5.29. The van der Waals surface area contributed by atoms with Gasteiger partial charge in [0, 0.05) is 25.7 Å². The van der Waals surface area contributed by atoms with Gasteiger partial charge in [-0.1, -0.05) is 323 Å². The van der Waals surface area contributed by atoms with Crippen LogP contribution in [0.3, 0.4) is 0 Å². The van der Waals surface area contributed by atoms with Gasteiger partial charge in [0.1, 0.15) is 19.3 Å². The Hall–Kier alpha value is -2.46. The fourth-order valence-electron chi connectivity index (χ4n) is 11.3. The molecule has 0 saturated carbocycles. The van der Waals surface area contributed by atoms with Gasteiger partial charge < -0.3 is 33.8 Å². The summed E-state index contributed by atoms with van der Waals surface area (Å²) < 4.78 is 68.5. The van der Waals surface area contributed by atoms with Crippen molar-refractivity contribution < 1.29 is 80.2 Å². The minimum atomic E-state index is -4.97. The van der Waals surface area contributed by atoms with Gasteiger partial charge in [0.05, 0.1) is 26.4 Å². The molecule has 96 heavy (non-hydrogen) atoms. The van der Waals surface area contributed by atoms with Crippen LogP contribution in [0.2, 0.25) is 0 Å². The average Bonchev–Trinajstić information content (AvgIpc) is 1.34. The molecule has 0 aliphatic carbocycles. The molecule has 0 saturated heterocycles. The van der Waals surface area contributed by atoms with Crippen LogP contribution in [0.25, 0.3) is 0 Å². The fraction of sp³-hybridized carbons (Fsp3) is 0.896. The monoisotopic (exact) mass is 1410 g/mol. The molecule has 0 spiro atoms. The number of aliphatic hydroxyl groups excluding tert-OH is 1. The Bertz CT molecular complexity index is 1950. The van der Waals surface area contributed by atoms with E-state index in [1.165, 1.54) is 173 Å². The summed E-state index contributed by atoms with van der Waals surface area (Å²) >= 11 is 0. The Kier molecular flexibility index (Phi) is 66.6. The second-order valence-corrected chi connectivity index (χ2v) is 30.9. The van der Waals surface area contributed by atoms with Crippen molar-refractivity contribution in [3.63, 3.8) is 0 Å². The van der Waals surface area contributed by atoms with Crippen molar-refractivity contribution >= 4 is 39.5 Å². The first kappa shape index (κ1) is 93.5. The standard InChI is InChI=1S/C77H146O17P2/c1-7-9-11-13-15-17-19-20-21-25-29-36-42-48-54-60-75(80)88-66-72(93-76(81)61-55-49-43-37-30-26-23-22-24-28-33-39-45-51-57-69(3)4)67-91-95(83,84)89-63-71(78)64-90-96(85,86)92-68-73(65-87-74(79)59-53-47-41-35-27-18-16-14-12-10-8-2)94-77(82)62-56-50-44-38-32-31-34-40-46-52-58-70(5)6/h17,19-21,69-73,78H,7-16,18,22-68H2,1-6H3,(H,83,84)(H,85,86)/b19-17-,21-20-/t71-,72-,73-/m1/s1. The number of allylic oxidation sites excluding steroid dienone is 4. The van der Waals surface area contributed by atoms with Crippen molar-refractivity contribution in [3.8, 4) is 0 Å². The quantitative estimate of drug-likeness (QED) is 0.0169. The third-order valence-electron chi connectivity index (χ3n) is 17.3. The fourth-order valence-corrected chi connectivity index (χ4v) is 12.9. The first-order valence-corrected chi connectivity index (χ1v) is 42.3. The number of carbonyl (C=O) groups is 4. The van der Waals surface area contributed by atoms with Crippen LogP contribution in [0.5, 0.6) is 0 Å².